The van der Waals surface area contributed by atoms with E-state index in [1.54, 1.807) is 36.4 Å². The van der Waals surface area contributed by atoms with E-state index in [-0.39, 0.29) is 11.8 Å². The van der Waals surface area contributed by atoms with Crippen LogP contribution in [-0.2, 0) is 34.0 Å². The number of hydrogen-bond acceptors (Lipinski definition) is 8. The fourth-order valence-electron chi connectivity index (χ4n) is 6.98. The summed E-state index contributed by atoms with van der Waals surface area (Å²) in [4.78, 5) is 12.1. The lowest BCUT2D eigenvalue weighted by atomic mass is 9.58. The number of anilines is 1. The van der Waals surface area contributed by atoms with E-state index in [0.29, 0.717) is 47.1 Å². The van der Waals surface area contributed by atoms with Crippen LogP contribution < -0.4 is 9.46 Å². The molecule has 9 nitrogen and oxygen atoms in total. The van der Waals surface area contributed by atoms with Crippen molar-refractivity contribution in [2.75, 3.05) is 17.9 Å². The summed E-state index contributed by atoms with van der Waals surface area (Å²) in [5.74, 6) is 0.872. The summed E-state index contributed by atoms with van der Waals surface area (Å²) in [6.07, 6.45) is 4.40. The monoisotopic (exact) mass is 619 g/mol. The Bertz CT molecular complexity index is 1400. The third kappa shape index (κ3) is 5.95. The van der Waals surface area contributed by atoms with E-state index in [9.17, 15) is 8.42 Å². The van der Waals surface area contributed by atoms with Crippen LogP contribution in [0.2, 0.25) is 5.02 Å². The van der Waals surface area contributed by atoms with Crippen LogP contribution in [0.1, 0.15) is 52.0 Å². The lowest BCUT2D eigenvalue weighted by molar-refractivity contribution is -0.577. The van der Waals surface area contributed by atoms with Crippen molar-refractivity contribution in [1.29, 1.82) is 0 Å². The summed E-state index contributed by atoms with van der Waals surface area (Å²) in [6.45, 7) is 6.98. The van der Waals surface area contributed by atoms with E-state index in [1.165, 1.54) is 6.08 Å². The molecule has 0 aromatic heterocycles. The Morgan fingerprint density at radius 2 is 1.86 bits per heavy atom. The molecule has 5 fully saturated rings. The van der Waals surface area contributed by atoms with Gasteiger partial charge in [-0.2, -0.15) is 0 Å². The summed E-state index contributed by atoms with van der Waals surface area (Å²) in [5, 5.41) is 1.65. The van der Waals surface area contributed by atoms with Crippen molar-refractivity contribution in [3.63, 3.8) is 0 Å². The van der Waals surface area contributed by atoms with Gasteiger partial charge >= 0.3 is 0 Å². The van der Waals surface area contributed by atoms with Crippen molar-refractivity contribution in [1.82, 2.24) is 0 Å². The molecule has 4 saturated heterocycles. The van der Waals surface area contributed by atoms with Gasteiger partial charge in [-0.05, 0) is 86.1 Å². The maximum Gasteiger partial charge on any atom is 0.255 e. The summed E-state index contributed by atoms with van der Waals surface area (Å²) >= 11 is 5.87. The Hall–Kier alpha value is -2.18. The number of halogens is 1. The van der Waals surface area contributed by atoms with Gasteiger partial charge in [-0.3, -0.25) is 4.72 Å². The van der Waals surface area contributed by atoms with E-state index in [2.05, 4.69) is 18.6 Å². The van der Waals surface area contributed by atoms with Gasteiger partial charge in [-0.15, -0.1) is 0 Å². The number of nitrogens with one attached hydrogen (secondary N) is 1. The minimum Gasteiger partial charge on any atom is -0.491 e. The fraction of sp³-hybridized carbons (Fsp3) is 0.548. The summed E-state index contributed by atoms with van der Waals surface area (Å²) in [7, 11) is -3.70. The molecule has 2 aromatic carbocycles. The highest BCUT2D eigenvalue weighted by atomic mass is 35.5. The second kappa shape index (κ2) is 11.7. The predicted octanol–water partition coefficient (Wildman–Crippen LogP) is 6.36. The van der Waals surface area contributed by atoms with E-state index in [0.717, 1.165) is 31.1 Å². The molecule has 1 spiro atoms. The van der Waals surface area contributed by atoms with Crippen LogP contribution in [0.25, 0.3) is 6.08 Å². The van der Waals surface area contributed by atoms with Gasteiger partial charge in [-0.25, -0.2) is 18.2 Å². The maximum atomic E-state index is 12.5. The van der Waals surface area contributed by atoms with Gasteiger partial charge in [0.1, 0.15) is 12.4 Å². The first-order chi connectivity index (χ1) is 20.1. The van der Waals surface area contributed by atoms with E-state index < -0.39 is 34.0 Å². The number of hydrogen-bond donors (Lipinski definition) is 1. The Morgan fingerprint density at radius 1 is 1.05 bits per heavy atom. The molecule has 1 saturated carbocycles. The zero-order valence-electron chi connectivity index (χ0n) is 24.0. The van der Waals surface area contributed by atoms with Crippen LogP contribution in [0.15, 0.2) is 53.9 Å². The minimum atomic E-state index is -3.70. The van der Waals surface area contributed by atoms with E-state index in [4.69, 9.17) is 40.3 Å². The van der Waals surface area contributed by atoms with E-state index in [1.807, 2.05) is 19.1 Å². The molecular weight excluding hydrogens is 582 g/mol. The summed E-state index contributed by atoms with van der Waals surface area (Å²) in [6, 6.07) is 13.6. The first kappa shape index (κ1) is 29.9. The second-order valence-electron chi connectivity index (χ2n) is 12.0. The van der Waals surface area contributed by atoms with Crippen molar-refractivity contribution < 1.29 is 37.1 Å². The normalized spacial score (nSPS) is 35.9. The predicted molar refractivity (Wildman–Crippen MR) is 158 cm³/mol. The van der Waals surface area contributed by atoms with Crippen LogP contribution in [0, 0.1) is 23.7 Å². The first-order valence-electron chi connectivity index (χ1n) is 14.6. The Kier molecular flexibility index (Phi) is 8.34. The van der Waals surface area contributed by atoms with Gasteiger partial charge in [0.25, 0.3) is 10.0 Å². The molecule has 42 heavy (non-hydrogen) atoms. The molecule has 1 aliphatic carbocycles. The molecule has 8 atom stereocenters. The maximum absolute atomic E-state index is 12.5. The molecule has 7 rings (SSSR count). The van der Waals surface area contributed by atoms with Gasteiger partial charge in [-0.1, -0.05) is 37.6 Å². The van der Waals surface area contributed by atoms with Crippen LogP contribution in [0.5, 0.6) is 5.75 Å². The summed E-state index contributed by atoms with van der Waals surface area (Å²) < 4.78 is 52.4. The van der Waals surface area contributed by atoms with Crippen molar-refractivity contribution in [2.45, 2.75) is 70.4 Å². The third-order valence-corrected chi connectivity index (χ3v) is 10.4. The largest absolute Gasteiger partial charge is 0.491 e. The number of fused-ring (bicyclic) bond motifs is 2. The lowest BCUT2D eigenvalue weighted by Gasteiger charge is -2.60. The number of ether oxygens (including phenoxy) is 4. The zero-order chi connectivity index (χ0) is 29.5. The SMILES string of the molecule is C[C@H]1[C@H](OCCOc2cccc(/C=C/S(=O)(=O)Nc3ccc(Cl)cc3)c2)O[C@@H]2O[C@@]3(C)CC[C@H]4[C@H](C)CC[C@@H]1[C@@]24OO3. The smallest absolute Gasteiger partial charge is 0.255 e. The molecule has 1 N–H and O–H groups in total. The zero-order valence-corrected chi connectivity index (χ0v) is 25.6. The van der Waals surface area contributed by atoms with Gasteiger partial charge in [0.05, 0.1) is 12.0 Å². The molecule has 0 radical (unpaired) electrons. The molecular formula is C31H38ClNO8S. The quantitative estimate of drug-likeness (QED) is 0.256. The molecule has 2 bridgehead atoms. The van der Waals surface area contributed by atoms with Crippen molar-refractivity contribution in [3.8, 4) is 5.75 Å². The molecule has 5 aliphatic rings. The van der Waals surface area contributed by atoms with Gasteiger partial charge in [0, 0.05) is 29.0 Å². The van der Waals surface area contributed by atoms with Crippen molar-refractivity contribution in [2.24, 2.45) is 23.7 Å². The highest BCUT2D eigenvalue weighted by molar-refractivity contribution is 7.95. The standard InChI is InChI=1S/C31H38ClNO8S/c1-20-7-12-27-21(2)28(38-29-31(27)26(20)13-15-30(3,39-29)40-41-31)37-17-16-36-25-6-4-5-22(19-25)14-18-42(34,35)33-24-10-8-23(32)9-11-24/h4-6,8-11,14,18-21,26-29,33H,7,12-13,15-17H2,1-3H3/b18-14+/t20-,21-,26+,27+,28-,29-,30-,31-/m1/s1. The van der Waals surface area contributed by atoms with Gasteiger partial charge in [0.2, 0.25) is 5.79 Å². The van der Waals surface area contributed by atoms with Crippen LogP contribution in [0.4, 0.5) is 5.69 Å². The number of sulfonamides is 1. The fourth-order valence-corrected chi connectivity index (χ4v) is 7.97. The average molecular weight is 620 g/mol. The number of rotatable bonds is 9. The average Bonchev–Trinajstić information content (AvgIpc) is 3.19. The minimum absolute atomic E-state index is 0.0859. The first-order valence-corrected chi connectivity index (χ1v) is 16.5. The van der Waals surface area contributed by atoms with Gasteiger partial charge in [0.15, 0.2) is 18.2 Å². The topological polar surface area (TPSA) is 102 Å². The molecule has 0 unspecified atom stereocenters. The number of benzene rings is 2. The Balaban J connectivity index is 1.04. The van der Waals surface area contributed by atoms with Crippen LogP contribution in [-0.4, -0.2) is 45.6 Å². The molecule has 2 aromatic rings. The molecule has 4 heterocycles. The third-order valence-electron chi connectivity index (χ3n) is 9.13. The second-order valence-corrected chi connectivity index (χ2v) is 14.0. The van der Waals surface area contributed by atoms with Crippen LogP contribution in [0.3, 0.4) is 0 Å². The van der Waals surface area contributed by atoms with Crippen molar-refractivity contribution >= 4 is 33.4 Å². The van der Waals surface area contributed by atoms with Crippen molar-refractivity contribution in [3.05, 3.63) is 64.5 Å². The van der Waals surface area contributed by atoms with Crippen LogP contribution >= 0.6 is 11.6 Å². The molecule has 11 heteroatoms. The van der Waals surface area contributed by atoms with Gasteiger partial charge < -0.3 is 18.9 Å². The summed E-state index contributed by atoms with van der Waals surface area (Å²) in [5.41, 5.74) is 0.496. The molecule has 4 aliphatic heterocycles. The Labute approximate surface area is 252 Å². The Morgan fingerprint density at radius 3 is 2.67 bits per heavy atom. The highest BCUT2D eigenvalue weighted by Crippen LogP contribution is 2.60. The molecule has 0 amide bonds. The molecule has 228 valence electrons. The van der Waals surface area contributed by atoms with E-state index >= 15 is 0 Å². The highest BCUT2D eigenvalue weighted by Gasteiger charge is 2.69. The lowest BCUT2D eigenvalue weighted by Crippen LogP contribution is -2.70.